The molecule has 1 saturated heterocycles. The monoisotopic (exact) mass is 246 g/mol. The highest BCUT2D eigenvalue weighted by molar-refractivity contribution is 5.19. The molecule has 1 aliphatic heterocycles. The van der Waals surface area contributed by atoms with Crippen LogP contribution in [0.3, 0.4) is 0 Å². The van der Waals surface area contributed by atoms with Crippen LogP contribution >= 0.6 is 0 Å². The fourth-order valence-corrected chi connectivity index (χ4v) is 3.43. The molecule has 0 amide bonds. The van der Waals surface area contributed by atoms with Crippen molar-refractivity contribution in [1.82, 2.24) is 10.2 Å². The van der Waals surface area contributed by atoms with Crippen LogP contribution in [-0.4, -0.2) is 30.6 Å². The van der Waals surface area contributed by atoms with Gasteiger partial charge in [-0.15, -0.1) is 0 Å². The Morgan fingerprint density at radius 2 is 2.00 bits per heavy atom. The van der Waals surface area contributed by atoms with Gasteiger partial charge in [0.1, 0.15) is 0 Å². The van der Waals surface area contributed by atoms with Crippen molar-refractivity contribution >= 4 is 0 Å². The van der Waals surface area contributed by atoms with E-state index in [1.807, 2.05) is 0 Å². The highest BCUT2D eigenvalue weighted by Gasteiger charge is 2.40. The molecule has 2 unspecified atom stereocenters. The first-order valence-electron chi connectivity index (χ1n) is 7.01. The Bertz CT molecular complexity index is 372. The molecule has 1 aliphatic rings. The van der Waals surface area contributed by atoms with Gasteiger partial charge in [0, 0.05) is 18.1 Å². The Morgan fingerprint density at radius 1 is 1.33 bits per heavy atom. The zero-order chi connectivity index (χ0) is 13.2. The van der Waals surface area contributed by atoms with E-state index in [9.17, 15) is 0 Å². The summed E-state index contributed by atoms with van der Waals surface area (Å²) in [5.41, 5.74) is 1.73. The number of nitrogens with one attached hydrogen (secondary N) is 1. The minimum Gasteiger partial charge on any atom is -0.319 e. The smallest absolute Gasteiger partial charge is 0.0325 e. The third-order valence-corrected chi connectivity index (χ3v) is 4.26. The van der Waals surface area contributed by atoms with Gasteiger partial charge in [-0.25, -0.2) is 0 Å². The van der Waals surface area contributed by atoms with Crippen LogP contribution in [0.5, 0.6) is 0 Å². The maximum atomic E-state index is 3.32. The Balaban J connectivity index is 2.12. The number of benzene rings is 1. The van der Waals surface area contributed by atoms with E-state index in [1.54, 1.807) is 0 Å². The van der Waals surface area contributed by atoms with Gasteiger partial charge < -0.3 is 5.32 Å². The van der Waals surface area contributed by atoms with E-state index in [1.165, 1.54) is 18.5 Å². The molecule has 2 nitrogen and oxygen atoms in total. The Labute approximate surface area is 111 Å². The summed E-state index contributed by atoms with van der Waals surface area (Å²) < 4.78 is 0. The second kappa shape index (κ2) is 5.41. The maximum absolute atomic E-state index is 3.32. The Kier molecular flexibility index (Phi) is 4.08. The lowest BCUT2D eigenvalue weighted by Gasteiger charge is -2.36. The quantitative estimate of drug-likeness (QED) is 0.878. The van der Waals surface area contributed by atoms with Gasteiger partial charge >= 0.3 is 0 Å². The second-order valence-corrected chi connectivity index (χ2v) is 6.18. The van der Waals surface area contributed by atoms with Crippen LogP contribution in [-0.2, 0) is 0 Å². The molecule has 0 bridgehead atoms. The summed E-state index contributed by atoms with van der Waals surface area (Å²) in [4.78, 5) is 2.66. The molecule has 0 aliphatic carbocycles. The Morgan fingerprint density at radius 3 is 2.61 bits per heavy atom. The van der Waals surface area contributed by atoms with Gasteiger partial charge in [-0.05, 0) is 52.3 Å². The molecule has 1 aromatic carbocycles. The van der Waals surface area contributed by atoms with Gasteiger partial charge in [0.25, 0.3) is 0 Å². The zero-order valence-corrected chi connectivity index (χ0v) is 12.1. The number of hydrogen-bond acceptors (Lipinski definition) is 2. The standard InChI is InChI=1S/C16H26N2/c1-13(15-8-6-5-7-9-15)18-12-14(11-17-4)10-16(18,2)3/h5-9,13-14,17H,10-12H2,1-4H3. The van der Waals surface area contributed by atoms with Crippen molar-refractivity contribution in [3.8, 4) is 0 Å². The van der Waals surface area contributed by atoms with Gasteiger partial charge in [0.15, 0.2) is 0 Å². The largest absolute Gasteiger partial charge is 0.319 e. The van der Waals surface area contributed by atoms with Crippen LogP contribution < -0.4 is 5.32 Å². The van der Waals surface area contributed by atoms with Crippen LogP contribution in [0, 0.1) is 5.92 Å². The molecule has 100 valence electrons. The van der Waals surface area contributed by atoms with E-state index in [0.717, 1.165) is 12.5 Å². The molecule has 0 spiro atoms. The topological polar surface area (TPSA) is 15.3 Å². The number of rotatable bonds is 4. The van der Waals surface area contributed by atoms with E-state index in [2.05, 4.69) is 68.4 Å². The van der Waals surface area contributed by atoms with Crippen molar-refractivity contribution in [2.75, 3.05) is 20.1 Å². The highest BCUT2D eigenvalue weighted by atomic mass is 15.2. The normalized spacial score (nSPS) is 25.2. The van der Waals surface area contributed by atoms with E-state index < -0.39 is 0 Å². The lowest BCUT2D eigenvalue weighted by molar-refractivity contribution is 0.124. The Hall–Kier alpha value is -0.860. The number of nitrogens with zero attached hydrogens (tertiary/aromatic N) is 1. The third kappa shape index (κ3) is 2.76. The lowest BCUT2D eigenvalue weighted by Crippen LogP contribution is -2.39. The van der Waals surface area contributed by atoms with E-state index >= 15 is 0 Å². The molecule has 1 fully saturated rings. The van der Waals surface area contributed by atoms with E-state index in [4.69, 9.17) is 0 Å². The fourth-order valence-electron chi connectivity index (χ4n) is 3.43. The van der Waals surface area contributed by atoms with Crippen molar-refractivity contribution in [2.24, 2.45) is 5.92 Å². The second-order valence-electron chi connectivity index (χ2n) is 6.18. The molecule has 1 heterocycles. The molecule has 0 radical (unpaired) electrons. The molecule has 0 saturated carbocycles. The number of likely N-dealkylation sites (tertiary alicyclic amines) is 1. The first-order chi connectivity index (χ1) is 8.54. The molecule has 2 rings (SSSR count). The van der Waals surface area contributed by atoms with Crippen LogP contribution in [0.1, 0.15) is 38.8 Å². The van der Waals surface area contributed by atoms with Crippen LogP contribution in [0.2, 0.25) is 0 Å². The molecule has 1 aromatic rings. The summed E-state index contributed by atoms with van der Waals surface area (Å²) in [5, 5.41) is 3.32. The van der Waals surface area contributed by atoms with Gasteiger partial charge in [0.2, 0.25) is 0 Å². The van der Waals surface area contributed by atoms with Crippen molar-refractivity contribution < 1.29 is 0 Å². The van der Waals surface area contributed by atoms with Crippen molar-refractivity contribution in [3.05, 3.63) is 35.9 Å². The molecular weight excluding hydrogens is 220 g/mol. The summed E-state index contributed by atoms with van der Waals surface area (Å²) in [6.07, 6.45) is 1.28. The summed E-state index contributed by atoms with van der Waals surface area (Å²) in [6.45, 7) is 9.41. The average Bonchev–Trinajstić information content (AvgIpc) is 2.65. The SMILES string of the molecule is CNCC1CN(C(C)c2ccccc2)C(C)(C)C1. The van der Waals surface area contributed by atoms with Crippen LogP contribution in [0.25, 0.3) is 0 Å². The third-order valence-electron chi connectivity index (χ3n) is 4.26. The molecule has 18 heavy (non-hydrogen) atoms. The molecular formula is C16H26N2. The highest BCUT2D eigenvalue weighted by Crippen LogP contribution is 2.38. The predicted octanol–water partition coefficient (Wildman–Crippen LogP) is 3.07. The molecule has 2 atom stereocenters. The number of hydrogen-bond donors (Lipinski definition) is 1. The minimum atomic E-state index is 0.302. The van der Waals surface area contributed by atoms with Gasteiger partial charge in [-0.3, -0.25) is 4.90 Å². The zero-order valence-electron chi connectivity index (χ0n) is 12.1. The van der Waals surface area contributed by atoms with Gasteiger partial charge in [-0.1, -0.05) is 30.3 Å². The summed E-state index contributed by atoms with van der Waals surface area (Å²) >= 11 is 0. The van der Waals surface area contributed by atoms with Crippen LogP contribution in [0.4, 0.5) is 0 Å². The maximum Gasteiger partial charge on any atom is 0.0325 e. The summed E-state index contributed by atoms with van der Waals surface area (Å²) in [5.74, 6) is 0.774. The fraction of sp³-hybridized carbons (Fsp3) is 0.625. The summed E-state index contributed by atoms with van der Waals surface area (Å²) in [7, 11) is 2.05. The first-order valence-corrected chi connectivity index (χ1v) is 7.01. The predicted molar refractivity (Wildman–Crippen MR) is 77.7 cm³/mol. The summed E-state index contributed by atoms with van der Waals surface area (Å²) in [6, 6.07) is 11.4. The van der Waals surface area contributed by atoms with Gasteiger partial charge in [-0.2, -0.15) is 0 Å². The molecule has 1 N–H and O–H groups in total. The minimum absolute atomic E-state index is 0.302. The first kappa shape index (κ1) is 13.6. The van der Waals surface area contributed by atoms with Crippen LogP contribution in [0.15, 0.2) is 30.3 Å². The molecule has 2 heteroatoms. The van der Waals surface area contributed by atoms with Crippen molar-refractivity contribution in [3.63, 3.8) is 0 Å². The van der Waals surface area contributed by atoms with E-state index in [-0.39, 0.29) is 0 Å². The lowest BCUT2D eigenvalue weighted by atomic mass is 9.95. The van der Waals surface area contributed by atoms with Crippen molar-refractivity contribution in [1.29, 1.82) is 0 Å². The average molecular weight is 246 g/mol. The van der Waals surface area contributed by atoms with Gasteiger partial charge in [0.05, 0.1) is 0 Å². The van der Waals surface area contributed by atoms with E-state index in [0.29, 0.717) is 11.6 Å². The molecule has 0 aromatic heterocycles. The van der Waals surface area contributed by atoms with Crippen molar-refractivity contribution in [2.45, 2.75) is 38.8 Å².